The molecule has 0 aliphatic heterocycles. The number of hydrogen-bond acceptors (Lipinski definition) is 2. The first kappa shape index (κ1) is 20.2. The Morgan fingerprint density at radius 3 is 2.39 bits per heavy atom. The van der Waals surface area contributed by atoms with Crippen molar-refractivity contribution in [2.75, 3.05) is 0 Å². The molecule has 1 heterocycles. The normalized spacial score (nSPS) is 23.4. The number of aliphatic hydroxyl groups is 1. The lowest BCUT2D eigenvalue weighted by molar-refractivity contribution is 0.216. The van der Waals surface area contributed by atoms with Crippen molar-refractivity contribution >= 4 is 0 Å². The fourth-order valence-corrected chi connectivity index (χ4v) is 5.85. The van der Waals surface area contributed by atoms with E-state index in [1.165, 1.54) is 16.8 Å². The Kier molecular flexibility index (Phi) is 4.32. The molecule has 4 nitrogen and oxygen atoms in total. The average Bonchev–Trinajstić information content (AvgIpc) is 3.21. The Hall–Kier alpha value is -2.73. The highest BCUT2D eigenvalue weighted by Crippen LogP contribution is 2.67. The summed E-state index contributed by atoms with van der Waals surface area (Å²) in [6.45, 7) is 6.97. The van der Waals surface area contributed by atoms with E-state index in [1.807, 2.05) is 28.9 Å². The highest BCUT2D eigenvalue weighted by Gasteiger charge is 2.62. The second-order valence-corrected chi connectivity index (χ2v) is 9.65. The molecule has 2 aliphatic carbocycles. The molecule has 0 spiro atoms. The summed E-state index contributed by atoms with van der Waals surface area (Å²) in [5.74, 6) is -1.31. The number of halogens is 2. The molecule has 1 N–H and O–H groups in total. The first-order valence-corrected chi connectivity index (χ1v) is 10.7. The predicted molar refractivity (Wildman–Crippen MR) is 115 cm³/mol. The van der Waals surface area contributed by atoms with Crippen LogP contribution < -0.4 is 5.56 Å². The second-order valence-electron chi connectivity index (χ2n) is 9.65. The quantitative estimate of drug-likeness (QED) is 0.664. The monoisotopic (exact) mass is 424 g/mol. The van der Waals surface area contributed by atoms with Gasteiger partial charge >= 0.3 is 0 Å². The van der Waals surface area contributed by atoms with Gasteiger partial charge in [-0.25, -0.2) is 13.5 Å². The Bertz CT molecular complexity index is 1240. The third-order valence-electron chi connectivity index (χ3n) is 7.95. The van der Waals surface area contributed by atoms with E-state index in [0.717, 1.165) is 41.3 Å². The van der Waals surface area contributed by atoms with Gasteiger partial charge in [-0.15, -0.1) is 0 Å². The van der Waals surface area contributed by atoms with Crippen LogP contribution in [0.1, 0.15) is 61.9 Å². The highest BCUT2D eigenvalue weighted by molar-refractivity contribution is 5.48. The molecule has 1 saturated carbocycles. The predicted octanol–water partition coefficient (Wildman–Crippen LogP) is 4.63. The van der Waals surface area contributed by atoms with Gasteiger partial charge in [-0.3, -0.25) is 9.48 Å². The van der Waals surface area contributed by atoms with Gasteiger partial charge in [0.1, 0.15) is 11.5 Å². The zero-order valence-electron chi connectivity index (χ0n) is 18.0. The number of aliphatic hydroxyl groups excluding tert-OH is 1. The van der Waals surface area contributed by atoms with Crippen molar-refractivity contribution in [1.29, 1.82) is 0 Å². The minimum atomic E-state index is -0.757. The van der Waals surface area contributed by atoms with E-state index in [1.54, 1.807) is 0 Å². The molecule has 6 heteroatoms. The van der Waals surface area contributed by atoms with E-state index in [0.29, 0.717) is 6.54 Å². The van der Waals surface area contributed by atoms with Crippen LogP contribution in [0.15, 0.2) is 47.3 Å². The number of rotatable bonds is 4. The highest BCUT2D eigenvalue weighted by atomic mass is 19.1. The van der Waals surface area contributed by atoms with Crippen LogP contribution in [0.25, 0.3) is 5.69 Å². The molecule has 0 saturated heterocycles. The Morgan fingerprint density at radius 2 is 1.74 bits per heavy atom. The Labute approximate surface area is 179 Å². The maximum absolute atomic E-state index is 14.8. The molecule has 1 fully saturated rings. The molecule has 0 amide bonds. The van der Waals surface area contributed by atoms with Gasteiger partial charge in [-0.2, -0.15) is 0 Å². The molecule has 5 rings (SSSR count). The minimum absolute atomic E-state index is 0.0430. The summed E-state index contributed by atoms with van der Waals surface area (Å²) in [4.78, 5) is 13.7. The van der Waals surface area contributed by atoms with Crippen LogP contribution >= 0.6 is 0 Å². The fourth-order valence-electron chi connectivity index (χ4n) is 5.85. The standard InChI is InChI=1S/C25H26F2N2O2/c1-24(2)18-10-11-25(24,3)22-21(18)23(31)29(20-9-8-17(26)12-19(20)27)28(22)13-15-4-6-16(14-30)7-5-15/h4-9,12,18,30H,10-11,13-14H2,1-3H3/t18-,25+/m1/s1. The smallest absolute Gasteiger partial charge is 0.275 e. The van der Waals surface area contributed by atoms with Crippen molar-refractivity contribution in [2.24, 2.45) is 5.41 Å². The van der Waals surface area contributed by atoms with Crippen molar-refractivity contribution in [3.63, 3.8) is 0 Å². The van der Waals surface area contributed by atoms with Crippen LogP contribution in [-0.2, 0) is 18.6 Å². The van der Waals surface area contributed by atoms with Crippen LogP contribution in [0, 0.1) is 17.0 Å². The van der Waals surface area contributed by atoms with Crippen molar-refractivity contribution in [2.45, 2.75) is 58.1 Å². The lowest BCUT2D eigenvalue weighted by Gasteiger charge is -2.36. The molecule has 0 radical (unpaired) electrons. The lowest BCUT2D eigenvalue weighted by atomic mass is 9.70. The molecule has 2 atom stereocenters. The number of nitrogens with zero attached hydrogens (tertiary/aromatic N) is 2. The summed E-state index contributed by atoms with van der Waals surface area (Å²) >= 11 is 0. The second kappa shape index (κ2) is 6.63. The van der Waals surface area contributed by atoms with Crippen molar-refractivity contribution in [3.05, 3.63) is 86.8 Å². The van der Waals surface area contributed by atoms with E-state index in [-0.39, 0.29) is 34.6 Å². The van der Waals surface area contributed by atoms with Gasteiger partial charge in [0, 0.05) is 17.0 Å². The van der Waals surface area contributed by atoms with E-state index in [4.69, 9.17) is 0 Å². The van der Waals surface area contributed by atoms with Crippen LogP contribution in [0.5, 0.6) is 0 Å². The number of hydrogen-bond donors (Lipinski definition) is 1. The van der Waals surface area contributed by atoms with E-state index in [2.05, 4.69) is 20.8 Å². The number of fused-ring (bicyclic) bond motifs is 5. The summed E-state index contributed by atoms with van der Waals surface area (Å²) in [6.07, 6.45) is 1.91. The van der Waals surface area contributed by atoms with Gasteiger partial charge in [0.2, 0.25) is 0 Å². The zero-order valence-corrected chi connectivity index (χ0v) is 18.0. The Morgan fingerprint density at radius 1 is 1.06 bits per heavy atom. The van der Waals surface area contributed by atoms with Crippen molar-refractivity contribution in [3.8, 4) is 5.69 Å². The van der Waals surface area contributed by atoms with E-state index in [9.17, 15) is 18.7 Å². The number of benzene rings is 2. The van der Waals surface area contributed by atoms with Gasteiger partial charge in [-0.05, 0) is 47.4 Å². The lowest BCUT2D eigenvalue weighted by Crippen LogP contribution is -2.36. The Balaban J connectivity index is 1.76. The van der Waals surface area contributed by atoms with Crippen LogP contribution in [0.2, 0.25) is 0 Å². The molecule has 2 bridgehead atoms. The molecule has 0 unspecified atom stereocenters. The SMILES string of the molecule is CC1(C)[C@@H]2CC[C@@]1(C)c1c2c(=O)n(-c2ccc(F)cc2F)n1Cc1ccc(CO)cc1. The summed E-state index contributed by atoms with van der Waals surface area (Å²) in [5.41, 5.74) is 3.05. The molecule has 2 aliphatic rings. The summed E-state index contributed by atoms with van der Waals surface area (Å²) in [7, 11) is 0. The maximum Gasteiger partial charge on any atom is 0.275 e. The summed E-state index contributed by atoms with van der Waals surface area (Å²) in [6, 6.07) is 10.9. The number of aromatic nitrogens is 2. The van der Waals surface area contributed by atoms with Crippen LogP contribution in [0.3, 0.4) is 0 Å². The van der Waals surface area contributed by atoms with Crippen LogP contribution in [-0.4, -0.2) is 14.5 Å². The van der Waals surface area contributed by atoms with Gasteiger partial charge in [0.25, 0.3) is 5.56 Å². The largest absolute Gasteiger partial charge is 0.392 e. The topological polar surface area (TPSA) is 47.2 Å². The average molecular weight is 424 g/mol. The molecule has 1 aromatic heterocycles. The molecular formula is C25H26F2N2O2. The van der Waals surface area contributed by atoms with E-state index < -0.39 is 11.6 Å². The molecule has 2 aromatic carbocycles. The van der Waals surface area contributed by atoms with Gasteiger partial charge < -0.3 is 5.11 Å². The van der Waals surface area contributed by atoms with Gasteiger partial charge in [-0.1, -0.05) is 45.0 Å². The zero-order chi connectivity index (χ0) is 22.1. The maximum atomic E-state index is 14.8. The third-order valence-corrected chi connectivity index (χ3v) is 7.95. The van der Waals surface area contributed by atoms with Crippen molar-refractivity contribution in [1.82, 2.24) is 9.36 Å². The molecule has 31 heavy (non-hydrogen) atoms. The van der Waals surface area contributed by atoms with Crippen LogP contribution in [0.4, 0.5) is 8.78 Å². The first-order chi connectivity index (χ1) is 14.7. The summed E-state index contributed by atoms with van der Waals surface area (Å²) < 4.78 is 31.7. The molecule has 3 aromatic rings. The third kappa shape index (κ3) is 2.64. The first-order valence-electron chi connectivity index (χ1n) is 10.7. The van der Waals surface area contributed by atoms with Gasteiger partial charge in [0.05, 0.1) is 18.8 Å². The summed E-state index contributed by atoms with van der Waals surface area (Å²) in [5, 5.41) is 9.33. The fraction of sp³-hybridized carbons (Fsp3) is 0.400. The van der Waals surface area contributed by atoms with E-state index >= 15 is 0 Å². The minimum Gasteiger partial charge on any atom is -0.392 e. The van der Waals surface area contributed by atoms with Crippen molar-refractivity contribution < 1.29 is 13.9 Å². The molecular weight excluding hydrogens is 398 g/mol. The molecule has 162 valence electrons. The van der Waals surface area contributed by atoms with Gasteiger partial charge in [0.15, 0.2) is 5.82 Å².